The highest BCUT2D eigenvalue weighted by molar-refractivity contribution is 7.15. The number of benzene rings is 1. The van der Waals surface area contributed by atoms with Crippen molar-refractivity contribution in [2.45, 2.75) is 51.2 Å². The molecule has 0 unspecified atom stereocenters. The second-order valence-corrected chi connectivity index (χ2v) is 8.69. The standard InChI is InChI=1S/C21H28FN5O2S/c1-14(27-9-3-2-4-10-27)19(28)26-18(11-15-5-7-16(22)8-6-15)20(29)24-12-17-13-25-21(23)30-17/h5-8,13-14,18H,2-4,9-12H2,1H3,(H2,23,25)(H,24,29)(H,26,28)/t14-,18-/m0/s1. The Hall–Kier alpha value is -2.52. The molecule has 1 aliphatic rings. The van der Waals surface area contributed by atoms with Crippen molar-refractivity contribution < 1.29 is 14.0 Å². The van der Waals surface area contributed by atoms with Crippen molar-refractivity contribution in [1.82, 2.24) is 20.5 Å². The van der Waals surface area contributed by atoms with Gasteiger partial charge in [-0.05, 0) is 50.6 Å². The summed E-state index contributed by atoms with van der Waals surface area (Å²) in [5.41, 5.74) is 6.40. The van der Waals surface area contributed by atoms with Crippen LogP contribution in [-0.4, -0.2) is 46.9 Å². The van der Waals surface area contributed by atoms with Crippen LogP contribution in [0.25, 0.3) is 0 Å². The fourth-order valence-corrected chi connectivity index (χ4v) is 4.15. The Morgan fingerprint density at radius 2 is 1.90 bits per heavy atom. The van der Waals surface area contributed by atoms with Gasteiger partial charge in [0.25, 0.3) is 0 Å². The maximum Gasteiger partial charge on any atom is 0.243 e. The molecule has 162 valence electrons. The van der Waals surface area contributed by atoms with E-state index in [0.717, 1.165) is 36.4 Å². The van der Waals surface area contributed by atoms with Gasteiger partial charge in [-0.2, -0.15) is 0 Å². The highest BCUT2D eigenvalue weighted by atomic mass is 32.1. The molecule has 0 saturated carbocycles. The van der Waals surface area contributed by atoms with Crippen LogP contribution in [0.4, 0.5) is 9.52 Å². The van der Waals surface area contributed by atoms with E-state index in [1.165, 1.54) is 29.9 Å². The molecule has 0 bridgehead atoms. The molecule has 1 aliphatic heterocycles. The number of piperidine rings is 1. The van der Waals surface area contributed by atoms with Gasteiger partial charge in [0.2, 0.25) is 11.8 Å². The molecule has 0 aliphatic carbocycles. The van der Waals surface area contributed by atoms with Crippen molar-refractivity contribution in [3.63, 3.8) is 0 Å². The zero-order valence-electron chi connectivity index (χ0n) is 17.1. The predicted octanol–water partition coefficient (Wildman–Crippen LogP) is 2.08. The maximum atomic E-state index is 13.2. The Morgan fingerprint density at radius 1 is 1.20 bits per heavy atom. The summed E-state index contributed by atoms with van der Waals surface area (Å²) < 4.78 is 13.2. The number of nitrogens with two attached hydrogens (primary N) is 1. The van der Waals surface area contributed by atoms with Gasteiger partial charge in [0.1, 0.15) is 11.9 Å². The van der Waals surface area contributed by atoms with Crippen LogP contribution in [0.1, 0.15) is 36.6 Å². The largest absolute Gasteiger partial charge is 0.375 e. The van der Waals surface area contributed by atoms with Gasteiger partial charge in [0.15, 0.2) is 5.13 Å². The number of hydrogen-bond donors (Lipinski definition) is 3. The van der Waals surface area contributed by atoms with Crippen LogP contribution in [0.5, 0.6) is 0 Å². The number of nitrogen functional groups attached to an aromatic ring is 1. The van der Waals surface area contributed by atoms with Gasteiger partial charge < -0.3 is 16.4 Å². The van der Waals surface area contributed by atoms with Crippen molar-refractivity contribution >= 4 is 28.3 Å². The van der Waals surface area contributed by atoms with Gasteiger partial charge in [0.05, 0.1) is 12.6 Å². The van der Waals surface area contributed by atoms with Crippen molar-refractivity contribution in [3.8, 4) is 0 Å². The molecule has 2 heterocycles. The number of aromatic nitrogens is 1. The monoisotopic (exact) mass is 433 g/mol. The summed E-state index contributed by atoms with van der Waals surface area (Å²) in [6.07, 6.45) is 5.23. The number of thiazole rings is 1. The second-order valence-electron chi connectivity index (χ2n) is 7.55. The van der Waals surface area contributed by atoms with E-state index in [1.54, 1.807) is 18.3 Å². The van der Waals surface area contributed by atoms with Gasteiger partial charge in [-0.1, -0.05) is 18.6 Å². The lowest BCUT2D eigenvalue weighted by Crippen LogP contribution is -2.54. The first kappa shape index (κ1) is 22.2. The number of nitrogens with zero attached hydrogens (tertiary/aromatic N) is 2. The van der Waals surface area contributed by atoms with Gasteiger partial charge in [-0.25, -0.2) is 9.37 Å². The van der Waals surface area contributed by atoms with Crippen molar-refractivity contribution in [1.29, 1.82) is 0 Å². The van der Waals surface area contributed by atoms with E-state index < -0.39 is 6.04 Å². The van der Waals surface area contributed by atoms with E-state index in [0.29, 0.717) is 5.13 Å². The minimum Gasteiger partial charge on any atom is -0.375 e. The lowest BCUT2D eigenvalue weighted by Gasteiger charge is -2.32. The summed E-state index contributed by atoms with van der Waals surface area (Å²) in [7, 11) is 0. The first-order valence-corrected chi connectivity index (χ1v) is 11.0. The third kappa shape index (κ3) is 6.24. The Bertz CT molecular complexity index is 851. The summed E-state index contributed by atoms with van der Waals surface area (Å²) in [6.45, 7) is 3.92. The average Bonchev–Trinajstić information content (AvgIpc) is 3.18. The summed E-state index contributed by atoms with van der Waals surface area (Å²) in [5.74, 6) is -0.822. The first-order chi connectivity index (χ1) is 14.4. The molecule has 2 aromatic rings. The Labute approximate surface area is 179 Å². The molecule has 3 rings (SSSR count). The van der Waals surface area contributed by atoms with Gasteiger partial charge in [-0.3, -0.25) is 14.5 Å². The van der Waals surface area contributed by atoms with E-state index >= 15 is 0 Å². The average molecular weight is 434 g/mol. The zero-order chi connectivity index (χ0) is 21.5. The van der Waals surface area contributed by atoms with Crippen LogP contribution < -0.4 is 16.4 Å². The van der Waals surface area contributed by atoms with Crippen LogP contribution >= 0.6 is 11.3 Å². The Kier molecular flexibility index (Phi) is 7.75. The predicted molar refractivity (Wildman–Crippen MR) is 115 cm³/mol. The van der Waals surface area contributed by atoms with Crippen LogP contribution in [0.3, 0.4) is 0 Å². The number of halogens is 1. The third-order valence-corrected chi connectivity index (χ3v) is 6.14. The number of rotatable bonds is 8. The topological polar surface area (TPSA) is 100 Å². The lowest BCUT2D eigenvalue weighted by atomic mass is 10.0. The quantitative estimate of drug-likeness (QED) is 0.592. The van der Waals surface area contributed by atoms with Crippen LogP contribution in [-0.2, 0) is 22.6 Å². The van der Waals surface area contributed by atoms with E-state index in [-0.39, 0.29) is 36.6 Å². The van der Waals surface area contributed by atoms with Crippen molar-refractivity contribution in [2.24, 2.45) is 0 Å². The van der Waals surface area contributed by atoms with E-state index in [4.69, 9.17) is 5.73 Å². The summed E-state index contributed by atoms with van der Waals surface area (Å²) in [4.78, 5) is 32.7. The molecule has 1 aromatic heterocycles. The fraction of sp³-hybridized carbons (Fsp3) is 0.476. The molecular formula is C21H28FN5O2S. The van der Waals surface area contributed by atoms with Gasteiger partial charge in [0, 0.05) is 17.5 Å². The smallest absolute Gasteiger partial charge is 0.243 e. The number of likely N-dealkylation sites (tertiary alicyclic amines) is 1. The molecule has 7 nitrogen and oxygen atoms in total. The van der Waals surface area contributed by atoms with E-state index in [2.05, 4.69) is 20.5 Å². The molecular weight excluding hydrogens is 405 g/mol. The van der Waals surface area contributed by atoms with Gasteiger partial charge >= 0.3 is 0 Å². The molecule has 1 aromatic carbocycles. The summed E-state index contributed by atoms with van der Waals surface area (Å²) in [5, 5.41) is 6.17. The number of carbonyl (C=O) groups excluding carboxylic acids is 2. The molecule has 1 fully saturated rings. The zero-order valence-corrected chi connectivity index (χ0v) is 17.9. The molecule has 0 radical (unpaired) electrons. The molecule has 1 saturated heterocycles. The van der Waals surface area contributed by atoms with Crippen LogP contribution in [0, 0.1) is 5.82 Å². The number of carbonyl (C=O) groups is 2. The van der Waals surface area contributed by atoms with Crippen molar-refractivity contribution in [3.05, 3.63) is 46.7 Å². The fourth-order valence-electron chi connectivity index (χ4n) is 3.53. The van der Waals surface area contributed by atoms with Crippen LogP contribution in [0.2, 0.25) is 0 Å². The molecule has 0 spiro atoms. The van der Waals surface area contributed by atoms with E-state index in [1.807, 2.05) is 6.92 Å². The minimum atomic E-state index is -0.763. The second kappa shape index (κ2) is 10.5. The maximum absolute atomic E-state index is 13.2. The summed E-state index contributed by atoms with van der Waals surface area (Å²) in [6, 6.07) is 4.88. The Balaban J connectivity index is 1.66. The third-order valence-electron chi connectivity index (χ3n) is 5.31. The molecule has 2 amide bonds. The van der Waals surface area contributed by atoms with E-state index in [9.17, 15) is 14.0 Å². The van der Waals surface area contributed by atoms with Crippen molar-refractivity contribution in [2.75, 3.05) is 18.8 Å². The lowest BCUT2D eigenvalue weighted by molar-refractivity contribution is -0.132. The molecule has 4 N–H and O–H groups in total. The minimum absolute atomic E-state index is 0.179. The highest BCUT2D eigenvalue weighted by Crippen LogP contribution is 2.15. The summed E-state index contributed by atoms with van der Waals surface area (Å²) >= 11 is 1.30. The van der Waals surface area contributed by atoms with Crippen LogP contribution in [0.15, 0.2) is 30.5 Å². The molecule has 30 heavy (non-hydrogen) atoms. The van der Waals surface area contributed by atoms with Gasteiger partial charge in [-0.15, -0.1) is 11.3 Å². The number of nitrogens with one attached hydrogen (secondary N) is 2. The molecule has 9 heteroatoms. The number of anilines is 1. The normalized spacial score (nSPS) is 16.6. The first-order valence-electron chi connectivity index (χ1n) is 10.2. The highest BCUT2D eigenvalue weighted by Gasteiger charge is 2.27. The Morgan fingerprint density at radius 3 is 2.53 bits per heavy atom. The number of hydrogen-bond acceptors (Lipinski definition) is 6. The number of amides is 2. The molecule has 2 atom stereocenters. The SMILES string of the molecule is C[C@@H](C(=O)N[C@@H](Cc1ccc(F)cc1)C(=O)NCc1cnc(N)s1)N1CCCCC1.